The molecule has 3 nitrogen and oxygen atoms in total. The summed E-state index contributed by atoms with van der Waals surface area (Å²) in [6.45, 7) is 1.44. The molecule has 0 spiro atoms. The highest BCUT2D eigenvalue weighted by molar-refractivity contribution is 6.42. The molecule has 88 valence electrons. The minimum atomic E-state index is -0.944. The van der Waals surface area contributed by atoms with Gasteiger partial charge in [0.25, 0.3) is 0 Å². The molecule has 16 heavy (non-hydrogen) atoms. The van der Waals surface area contributed by atoms with Crippen LogP contribution < -0.4 is 5.73 Å². The Labute approximate surface area is 104 Å². The summed E-state index contributed by atoms with van der Waals surface area (Å²) in [4.78, 5) is 0. The molecule has 0 unspecified atom stereocenters. The highest BCUT2D eigenvalue weighted by atomic mass is 35.5. The monoisotopic (exact) mass is 261 g/mol. The van der Waals surface area contributed by atoms with Gasteiger partial charge in [-0.3, -0.25) is 0 Å². The van der Waals surface area contributed by atoms with Crippen LogP contribution >= 0.6 is 23.2 Å². The number of hydrogen-bond donors (Lipinski definition) is 1. The second-order valence-electron chi connectivity index (χ2n) is 3.61. The number of hydrogen-bond acceptors (Lipinski definition) is 3. The second kappa shape index (κ2) is 4.90. The third-order valence-electron chi connectivity index (χ3n) is 2.59. The van der Waals surface area contributed by atoms with Gasteiger partial charge < -0.3 is 15.2 Å². The predicted octanol–water partition coefficient (Wildman–Crippen LogP) is 2.54. The van der Waals surface area contributed by atoms with Crippen molar-refractivity contribution < 1.29 is 9.47 Å². The van der Waals surface area contributed by atoms with Crippen molar-refractivity contribution in [2.24, 2.45) is 5.73 Å². The van der Waals surface area contributed by atoms with Gasteiger partial charge in [-0.15, -0.1) is 0 Å². The smallest absolute Gasteiger partial charge is 0.209 e. The number of halogens is 2. The molecule has 0 aliphatic carbocycles. The number of rotatable bonds is 2. The van der Waals surface area contributed by atoms with Gasteiger partial charge in [-0.05, 0) is 12.5 Å². The van der Waals surface area contributed by atoms with Gasteiger partial charge in [0.1, 0.15) is 0 Å². The first-order chi connectivity index (χ1) is 7.69. The van der Waals surface area contributed by atoms with Crippen molar-refractivity contribution in [3.8, 4) is 0 Å². The average Bonchev–Trinajstić information content (AvgIpc) is 2.33. The zero-order valence-corrected chi connectivity index (χ0v) is 10.2. The molecule has 1 aromatic carbocycles. The van der Waals surface area contributed by atoms with E-state index in [1.807, 2.05) is 12.1 Å². The van der Waals surface area contributed by atoms with Crippen LogP contribution in [-0.2, 0) is 15.3 Å². The Kier molecular flexibility index (Phi) is 3.72. The molecular formula is C11H13Cl2NO2. The average molecular weight is 262 g/mol. The van der Waals surface area contributed by atoms with E-state index in [0.717, 1.165) is 6.42 Å². The molecule has 0 radical (unpaired) electrons. The van der Waals surface area contributed by atoms with Gasteiger partial charge in [0.05, 0.1) is 29.8 Å². The van der Waals surface area contributed by atoms with Gasteiger partial charge in [-0.25, -0.2) is 0 Å². The Bertz CT molecular complexity index is 378. The minimum Gasteiger partial charge on any atom is -0.345 e. The van der Waals surface area contributed by atoms with E-state index in [9.17, 15) is 0 Å². The quantitative estimate of drug-likeness (QED) is 0.890. The Morgan fingerprint density at radius 2 is 1.94 bits per heavy atom. The molecule has 1 aromatic rings. The fraction of sp³-hybridized carbons (Fsp3) is 0.455. The lowest BCUT2D eigenvalue weighted by molar-refractivity contribution is -0.269. The van der Waals surface area contributed by atoms with Crippen molar-refractivity contribution in [1.29, 1.82) is 0 Å². The Morgan fingerprint density at radius 1 is 1.25 bits per heavy atom. The van der Waals surface area contributed by atoms with E-state index >= 15 is 0 Å². The molecule has 0 aromatic heterocycles. The molecule has 1 aliphatic heterocycles. The predicted molar refractivity (Wildman–Crippen MR) is 63.7 cm³/mol. The summed E-state index contributed by atoms with van der Waals surface area (Å²) in [7, 11) is 0. The summed E-state index contributed by atoms with van der Waals surface area (Å²) in [6.07, 6.45) is 0.861. The van der Waals surface area contributed by atoms with Crippen LogP contribution in [0.5, 0.6) is 0 Å². The van der Waals surface area contributed by atoms with E-state index in [1.165, 1.54) is 0 Å². The number of nitrogens with two attached hydrogens (primary N) is 1. The van der Waals surface area contributed by atoms with E-state index in [2.05, 4.69) is 0 Å². The summed E-state index contributed by atoms with van der Waals surface area (Å²) in [6, 6.07) is 5.36. The largest absolute Gasteiger partial charge is 0.345 e. The molecule has 5 heteroatoms. The van der Waals surface area contributed by atoms with Crippen molar-refractivity contribution in [2.45, 2.75) is 12.2 Å². The molecule has 0 atom stereocenters. The SMILES string of the molecule is NCC1(c2cccc(Cl)c2Cl)OCCCO1. The number of benzene rings is 1. The van der Waals surface area contributed by atoms with Crippen molar-refractivity contribution in [3.05, 3.63) is 33.8 Å². The topological polar surface area (TPSA) is 44.5 Å². The molecule has 1 saturated heterocycles. The highest BCUT2D eigenvalue weighted by Gasteiger charge is 2.37. The molecular weight excluding hydrogens is 249 g/mol. The lowest BCUT2D eigenvalue weighted by atomic mass is 10.0. The molecule has 1 fully saturated rings. The molecule has 1 heterocycles. The first-order valence-electron chi connectivity index (χ1n) is 5.12. The summed E-state index contributed by atoms with van der Waals surface area (Å²) in [5.41, 5.74) is 6.44. The minimum absolute atomic E-state index is 0.215. The molecule has 0 amide bonds. The van der Waals surface area contributed by atoms with Crippen LogP contribution in [0.25, 0.3) is 0 Å². The fourth-order valence-electron chi connectivity index (χ4n) is 1.76. The Balaban J connectivity index is 2.43. The summed E-state index contributed by atoms with van der Waals surface area (Å²) in [5.74, 6) is -0.944. The third-order valence-corrected chi connectivity index (χ3v) is 3.41. The molecule has 2 N–H and O–H groups in total. The summed E-state index contributed by atoms with van der Waals surface area (Å²) >= 11 is 12.1. The van der Waals surface area contributed by atoms with Gasteiger partial charge in [-0.1, -0.05) is 35.3 Å². The highest BCUT2D eigenvalue weighted by Crippen LogP contribution is 2.37. The van der Waals surface area contributed by atoms with E-state index in [-0.39, 0.29) is 6.54 Å². The van der Waals surface area contributed by atoms with Gasteiger partial charge in [0.15, 0.2) is 0 Å². The number of ether oxygens (including phenoxy) is 2. The fourth-order valence-corrected chi connectivity index (χ4v) is 2.20. The van der Waals surface area contributed by atoms with Crippen LogP contribution in [-0.4, -0.2) is 19.8 Å². The third kappa shape index (κ3) is 2.06. The van der Waals surface area contributed by atoms with Gasteiger partial charge in [0, 0.05) is 5.56 Å². The summed E-state index contributed by atoms with van der Waals surface area (Å²) < 4.78 is 11.3. The Morgan fingerprint density at radius 3 is 2.56 bits per heavy atom. The van der Waals surface area contributed by atoms with E-state index < -0.39 is 5.79 Å². The summed E-state index contributed by atoms with van der Waals surface area (Å²) in [5, 5.41) is 0.918. The van der Waals surface area contributed by atoms with Crippen molar-refractivity contribution in [1.82, 2.24) is 0 Å². The van der Waals surface area contributed by atoms with Crippen LogP contribution in [0, 0.1) is 0 Å². The van der Waals surface area contributed by atoms with Gasteiger partial charge >= 0.3 is 0 Å². The Hall–Kier alpha value is -0.320. The lowest BCUT2D eigenvalue weighted by Crippen LogP contribution is -2.44. The van der Waals surface area contributed by atoms with Crippen molar-refractivity contribution >= 4 is 23.2 Å². The first-order valence-corrected chi connectivity index (χ1v) is 5.88. The lowest BCUT2D eigenvalue weighted by Gasteiger charge is -2.37. The van der Waals surface area contributed by atoms with Gasteiger partial charge in [0.2, 0.25) is 5.79 Å². The zero-order valence-electron chi connectivity index (χ0n) is 8.71. The maximum atomic E-state index is 6.15. The van der Waals surface area contributed by atoms with Crippen molar-refractivity contribution in [2.75, 3.05) is 19.8 Å². The van der Waals surface area contributed by atoms with Crippen LogP contribution in [0.1, 0.15) is 12.0 Å². The van der Waals surface area contributed by atoms with Gasteiger partial charge in [-0.2, -0.15) is 0 Å². The van der Waals surface area contributed by atoms with E-state index in [1.54, 1.807) is 6.07 Å². The van der Waals surface area contributed by atoms with E-state index in [4.69, 9.17) is 38.4 Å². The first kappa shape index (κ1) is 12.1. The normalized spacial score (nSPS) is 19.7. The molecule has 1 aliphatic rings. The van der Waals surface area contributed by atoms with Crippen LogP contribution in [0.3, 0.4) is 0 Å². The molecule has 0 saturated carbocycles. The zero-order chi connectivity index (χ0) is 11.6. The maximum Gasteiger partial charge on any atom is 0.209 e. The maximum absolute atomic E-state index is 6.15. The standard InChI is InChI=1S/C11H13Cl2NO2/c12-9-4-1-3-8(10(9)13)11(7-14)15-5-2-6-16-11/h1,3-4H,2,5-7,14H2. The van der Waals surface area contributed by atoms with Crippen LogP contribution in [0.4, 0.5) is 0 Å². The van der Waals surface area contributed by atoms with Crippen LogP contribution in [0.2, 0.25) is 10.0 Å². The van der Waals surface area contributed by atoms with E-state index in [0.29, 0.717) is 28.8 Å². The second-order valence-corrected chi connectivity index (χ2v) is 4.39. The van der Waals surface area contributed by atoms with Crippen molar-refractivity contribution in [3.63, 3.8) is 0 Å². The molecule has 0 bridgehead atoms. The molecule has 2 rings (SSSR count). The van der Waals surface area contributed by atoms with Crippen LogP contribution in [0.15, 0.2) is 18.2 Å².